The molecule has 2 saturated heterocycles. The number of aromatic nitrogens is 3. The van der Waals surface area contributed by atoms with Crippen molar-refractivity contribution >= 4 is 16.9 Å². The first-order valence-electron chi connectivity index (χ1n) is 10.1. The second kappa shape index (κ2) is 6.85. The average molecular weight is 379 g/mol. The maximum atomic E-state index is 13.9. The lowest BCUT2D eigenvalue weighted by Crippen LogP contribution is -2.61. The maximum absolute atomic E-state index is 13.9. The van der Waals surface area contributed by atoms with Crippen LogP contribution in [0.15, 0.2) is 42.9 Å². The van der Waals surface area contributed by atoms with Gasteiger partial charge in [0.05, 0.1) is 0 Å². The van der Waals surface area contributed by atoms with Gasteiger partial charge in [-0.3, -0.25) is 4.90 Å². The molecule has 2 fully saturated rings. The molecular weight excluding hydrogens is 353 g/mol. The Labute approximate surface area is 164 Å². The van der Waals surface area contributed by atoms with Crippen molar-refractivity contribution in [3.05, 3.63) is 54.2 Å². The van der Waals surface area contributed by atoms with E-state index in [1.165, 1.54) is 5.56 Å². The zero-order chi connectivity index (χ0) is 19.3. The van der Waals surface area contributed by atoms with Gasteiger partial charge in [0.2, 0.25) is 5.95 Å². The Bertz CT molecular complexity index is 985. The number of fused-ring (bicyclic) bond motifs is 2. The highest BCUT2D eigenvalue weighted by Crippen LogP contribution is 2.38. The first kappa shape index (κ1) is 17.6. The van der Waals surface area contributed by atoms with Gasteiger partial charge in [-0.25, -0.2) is 14.4 Å². The Morgan fingerprint density at radius 1 is 1.11 bits per heavy atom. The van der Waals surface area contributed by atoms with Gasteiger partial charge in [-0.15, -0.1) is 0 Å². The van der Waals surface area contributed by atoms with Gasteiger partial charge in [0, 0.05) is 68.3 Å². The molecule has 1 aromatic carbocycles. The van der Waals surface area contributed by atoms with Gasteiger partial charge < -0.3 is 9.47 Å². The number of halogens is 1. The van der Waals surface area contributed by atoms with Crippen LogP contribution in [0.4, 0.5) is 10.3 Å². The Kier molecular flexibility index (Phi) is 4.31. The van der Waals surface area contributed by atoms with E-state index in [1.54, 1.807) is 12.1 Å². The van der Waals surface area contributed by atoms with E-state index in [4.69, 9.17) is 0 Å². The van der Waals surface area contributed by atoms with Crippen LogP contribution in [0.1, 0.15) is 31.2 Å². The molecule has 2 aliphatic heterocycles. The fourth-order valence-electron chi connectivity index (χ4n) is 5.21. The molecule has 5 rings (SSSR count). The SMILES string of the molecule is CC1C2CCC(c3cn(C)c4ccc(F)cc34)CN2CCN1c1ncccn1. The van der Waals surface area contributed by atoms with Crippen LogP contribution in [-0.4, -0.2) is 51.2 Å². The lowest BCUT2D eigenvalue weighted by molar-refractivity contribution is 0.0927. The summed E-state index contributed by atoms with van der Waals surface area (Å²) < 4.78 is 16.0. The van der Waals surface area contributed by atoms with E-state index in [-0.39, 0.29) is 5.82 Å². The van der Waals surface area contributed by atoms with Crippen molar-refractivity contribution in [1.82, 2.24) is 19.4 Å². The zero-order valence-electron chi connectivity index (χ0n) is 16.4. The molecule has 0 radical (unpaired) electrons. The molecule has 0 spiro atoms. The van der Waals surface area contributed by atoms with E-state index in [2.05, 4.69) is 44.5 Å². The lowest BCUT2D eigenvalue weighted by Gasteiger charge is -2.50. The van der Waals surface area contributed by atoms with E-state index in [0.717, 1.165) is 49.3 Å². The minimum absolute atomic E-state index is 0.154. The van der Waals surface area contributed by atoms with E-state index < -0.39 is 0 Å². The largest absolute Gasteiger partial charge is 0.350 e. The van der Waals surface area contributed by atoms with E-state index in [0.29, 0.717) is 18.0 Å². The van der Waals surface area contributed by atoms with Gasteiger partial charge in [-0.1, -0.05) is 0 Å². The van der Waals surface area contributed by atoms with Crippen molar-refractivity contribution in [3.63, 3.8) is 0 Å². The minimum Gasteiger partial charge on any atom is -0.350 e. The molecule has 146 valence electrons. The zero-order valence-corrected chi connectivity index (χ0v) is 16.4. The molecule has 0 N–H and O–H groups in total. The number of hydrogen-bond acceptors (Lipinski definition) is 4. The predicted molar refractivity (Wildman–Crippen MR) is 109 cm³/mol. The van der Waals surface area contributed by atoms with Crippen molar-refractivity contribution in [3.8, 4) is 0 Å². The number of piperidine rings is 1. The van der Waals surface area contributed by atoms with E-state index in [1.807, 2.05) is 24.5 Å². The molecule has 0 saturated carbocycles. The Morgan fingerprint density at radius 3 is 2.75 bits per heavy atom. The van der Waals surface area contributed by atoms with Crippen LogP contribution in [0.2, 0.25) is 0 Å². The van der Waals surface area contributed by atoms with Gasteiger partial charge in [0.1, 0.15) is 5.82 Å². The summed E-state index contributed by atoms with van der Waals surface area (Å²) in [5.74, 6) is 1.13. The van der Waals surface area contributed by atoms with Crippen molar-refractivity contribution in [2.24, 2.45) is 7.05 Å². The highest BCUT2D eigenvalue weighted by atomic mass is 19.1. The molecule has 2 aromatic heterocycles. The summed E-state index contributed by atoms with van der Waals surface area (Å²) in [6.45, 7) is 5.29. The maximum Gasteiger partial charge on any atom is 0.225 e. The van der Waals surface area contributed by atoms with Gasteiger partial charge in [0.15, 0.2) is 0 Å². The van der Waals surface area contributed by atoms with Crippen LogP contribution in [-0.2, 0) is 7.05 Å². The number of hydrogen-bond donors (Lipinski definition) is 0. The third-order valence-electron chi connectivity index (χ3n) is 6.64. The summed E-state index contributed by atoms with van der Waals surface area (Å²) in [4.78, 5) is 13.9. The molecule has 5 nitrogen and oxygen atoms in total. The van der Waals surface area contributed by atoms with Crippen LogP contribution in [0.3, 0.4) is 0 Å². The minimum atomic E-state index is -0.154. The van der Waals surface area contributed by atoms with Gasteiger partial charge in [-0.05, 0) is 55.5 Å². The molecule has 6 heteroatoms. The second-order valence-electron chi connectivity index (χ2n) is 8.18. The van der Waals surface area contributed by atoms with Gasteiger partial charge >= 0.3 is 0 Å². The Hall–Kier alpha value is -2.47. The van der Waals surface area contributed by atoms with Crippen molar-refractivity contribution in [2.45, 2.75) is 37.8 Å². The van der Waals surface area contributed by atoms with E-state index >= 15 is 0 Å². The monoisotopic (exact) mass is 379 g/mol. The Morgan fingerprint density at radius 2 is 1.93 bits per heavy atom. The first-order chi connectivity index (χ1) is 13.6. The number of nitrogens with zero attached hydrogens (tertiary/aromatic N) is 5. The van der Waals surface area contributed by atoms with Crippen molar-refractivity contribution in [2.75, 3.05) is 24.5 Å². The highest BCUT2D eigenvalue weighted by molar-refractivity contribution is 5.84. The molecule has 3 atom stereocenters. The third-order valence-corrected chi connectivity index (χ3v) is 6.64. The van der Waals surface area contributed by atoms with Crippen LogP contribution in [0, 0.1) is 5.82 Å². The summed E-state index contributed by atoms with van der Waals surface area (Å²) >= 11 is 0. The van der Waals surface area contributed by atoms with Crippen LogP contribution < -0.4 is 4.90 Å². The average Bonchev–Trinajstić information content (AvgIpc) is 3.04. The number of anilines is 1. The quantitative estimate of drug-likeness (QED) is 0.682. The Balaban J connectivity index is 1.38. The molecule has 28 heavy (non-hydrogen) atoms. The molecule has 3 aromatic rings. The van der Waals surface area contributed by atoms with Gasteiger partial charge in [0.25, 0.3) is 0 Å². The summed E-state index contributed by atoms with van der Waals surface area (Å²) in [5, 5.41) is 1.07. The van der Waals surface area contributed by atoms with Crippen LogP contribution in [0.5, 0.6) is 0 Å². The van der Waals surface area contributed by atoms with Crippen molar-refractivity contribution in [1.29, 1.82) is 0 Å². The number of aryl methyl sites for hydroxylation is 1. The topological polar surface area (TPSA) is 37.2 Å². The highest BCUT2D eigenvalue weighted by Gasteiger charge is 2.39. The molecule has 0 amide bonds. The number of rotatable bonds is 2. The van der Waals surface area contributed by atoms with Crippen LogP contribution >= 0.6 is 0 Å². The summed E-state index contributed by atoms with van der Waals surface area (Å²) in [6, 6.07) is 7.91. The summed E-state index contributed by atoms with van der Waals surface area (Å²) in [5.41, 5.74) is 2.40. The third kappa shape index (κ3) is 2.87. The molecule has 0 bridgehead atoms. The molecule has 2 aliphatic rings. The summed E-state index contributed by atoms with van der Waals surface area (Å²) in [7, 11) is 2.05. The predicted octanol–water partition coefficient (Wildman–Crippen LogP) is 3.56. The smallest absolute Gasteiger partial charge is 0.225 e. The first-order valence-corrected chi connectivity index (χ1v) is 10.1. The molecular formula is C22H26FN5. The molecule has 3 unspecified atom stereocenters. The molecule has 0 aliphatic carbocycles. The standard InChI is InChI=1S/C22H26FN5/c1-15-20-6-4-16(19-14-26(2)21-7-5-17(23)12-18(19)21)13-27(20)10-11-28(15)22-24-8-3-9-25-22/h3,5,7-9,12,14-16,20H,4,6,10-11,13H2,1-2H3. The summed E-state index contributed by atoms with van der Waals surface area (Å²) in [6.07, 6.45) is 8.11. The van der Waals surface area contributed by atoms with Crippen LogP contribution in [0.25, 0.3) is 10.9 Å². The van der Waals surface area contributed by atoms with Crippen molar-refractivity contribution < 1.29 is 4.39 Å². The second-order valence-corrected chi connectivity index (χ2v) is 8.18. The fraction of sp³-hybridized carbons (Fsp3) is 0.455. The van der Waals surface area contributed by atoms with Gasteiger partial charge in [-0.2, -0.15) is 0 Å². The molecule has 4 heterocycles. The lowest BCUT2D eigenvalue weighted by atomic mass is 9.83. The van der Waals surface area contributed by atoms with E-state index in [9.17, 15) is 4.39 Å². The number of piperazine rings is 1. The fourth-order valence-corrected chi connectivity index (χ4v) is 5.21. The normalized spacial score (nSPS) is 25.8. The number of benzene rings is 1.